The molecule has 0 fully saturated rings. The summed E-state index contributed by atoms with van der Waals surface area (Å²) in [7, 11) is -3.81. The molecule has 0 aliphatic carbocycles. The van der Waals surface area contributed by atoms with E-state index in [1.807, 2.05) is 0 Å². The molecule has 0 spiro atoms. The molecule has 10 heteroatoms. The Hall–Kier alpha value is -2.25. The first-order valence-electron chi connectivity index (χ1n) is 5.25. The first kappa shape index (κ1) is 13.2. The average molecular weight is 282 g/mol. The molecular formula is C9H10N6O3S. The summed E-state index contributed by atoms with van der Waals surface area (Å²) in [4.78, 5) is 15.6. The van der Waals surface area contributed by atoms with Gasteiger partial charge in [-0.05, 0) is 0 Å². The molecule has 1 N–H and O–H groups in total. The van der Waals surface area contributed by atoms with Crippen LogP contribution in [0.3, 0.4) is 0 Å². The van der Waals surface area contributed by atoms with Crippen molar-refractivity contribution in [1.82, 2.24) is 29.1 Å². The summed E-state index contributed by atoms with van der Waals surface area (Å²) in [5.74, 6) is 2.24. The molecule has 0 bridgehead atoms. The van der Waals surface area contributed by atoms with Gasteiger partial charge >= 0.3 is 5.69 Å². The minimum Gasteiger partial charge on any atom is -0.245 e. The zero-order valence-corrected chi connectivity index (χ0v) is 10.8. The molecule has 2 rings (SSSR count). The number of nitrogens with zero attached hydrogens (tertiary/aromatic N) is 5. The van der Waals surface area contributed by atoms with E-state index in [1.165, 1.54) is 0 Å². The van der Waals surface area contributed by atoms with Crippen molar-refractivity contribution in [1.29, 1.82) is 0 Å². The van der Waals surface area contributed by atoms with E-state index in [1.54, 1.807) is 6.92 Å². The van der Waals surface area contributed by atoms with Gasteiger partial charge in [-0.25, -0.2) is 27.3 Å². The monoisotopic (exact) mass is 282 g/mol. The van der Waals surface area contributed by atoms with Crippen LogP contribution in [0.4, 0.5) is 0 Å². The number of imidazole rings is 1. The Morgan fingerprint density at radius 3 is 2.89 bits per heavy atom. The largest absolute Gasteiger partial charge is 0.353 e. The molecule has 0 aliphatic rings. The van der Waals surface area contributed by atoms with Crippen molar-refractivity contribution >= 4 is 15.7 Å². The van der Waals surface area contributed by atoms with Crippen LogP contribution < -0.4 is 10.4 Å². The summed E-state index contributed by atoms with van der Waals surface area (Å²) in [6, 6.07) is 0. The second-order valence-corrected chi connectivity index (χ2v) is 5.16. The zero-order valence-electron chi connectivity index (χ0n) is 9.94. The van der Waals surface area contributed by atoms with Crippen molar-refractivity contribution < 1.29 is 8.42 Å². The SMILES string of the molecule is C#CCn1nnc2c(S(=O)(=O)NCC)ncn2c1=O. The highest BCUT2D eigenvalue weighted by Crippen LogP contribution is 2.09. The molecule has 9 nitrogen and oxygen atoms in total. The molecule has 0 aromatic carbocycles. The summed E-state index contributed by atoms with van der Waals surface area (Å²) in [5, 5.41) is 6.89. The van der Waals surface area contributed by atoms with Crippen molar-refractivity contribution in [3.8, 4) is 12.3 Å². The van der Waals surface area contributed by atoms with Crippen molar-refractivity contribution in [2.45, 2.75) is 18.5 Å². The number of hydrogen-bond donors (Lipinski definition) is 1. The van der Waals surface area contributed by atoms with Gasteiger partial charge in [0.1, 0.15) is 12.9 Å². The molecule has 100 valence electrons. The maximum Gasteiger partial charge on any atom is 0.353 e. The number of rotatable bonds is 4. The highest BCUT2D eigenvalue weighted by molar-refractivity contribution is 7.89. The van der Waals surface area contributed by atoms with Crippen LogP contribution in [0.25, 0.3) is 5.65 Å². The van der Waals surface area contributed by atoms with Gasteiger partial charge in [0.25, 0.3) is 10.0 Å². The Kier molecular flexibility index (Phi) is 3.32. The fourth-order valence-electron chi connectivity index (χ4n) is 1.45. The number of terminal acetylenes is 1. The summed E-state index contributed by atoms with van der Waals surface area (Å²) in [6.07, 6.45) is 6.15. The van der Waals surface area contributed by atoms with Crippen molar-refractivity contribution in [2.75, 3.05) is 6.54 Å². The number of hydrogen-bond acceptors (Lipinski definition) is 6. The van der Waals surface area contributed by atoms with Gasteiger partial charge in [-0.15, -0.1) is 11.5 Å². The Bertz CT molecular complexity index is 813. The number of aromatic nitrogens is 5. The Balaban J connectivity index is 2.68. The third-order valence-electron chi connectivity index (χ3n) is 2.21. The molecule has 2 aromatic rings. The van der Waals surface area contributed by atoms with E-state index in [-0.39, 0.29) is 23.8 Å². The standard InChI is InChI=1S/C9H10N6O3S/c1-3-5-15-9(16)14-6-10-8(7(14)12-13-15)19(17,18)11-4-2/h1,6,11H,4-5H2,2H3. The zero-order chi connectivity index (χ0) is 14.0. The van der Waals surface area contributed by atoms with Crippen LogP contribution in [0.1, 0.15) is 6.92 Å². The lowest BCUT2D eigenvalue weighted by molar-refractivity contribution is 0.570. The molecule has 0 atom stereocenters. The van der Waals surface area contributed by atoms with Gasteiger partial charge in [0.2, 0.25) is 10.7 Å². The Morgan fingerprint density at radius 2 is 2.26 bits per heavy atom. The smallest absolute Gasteiger partial charge is 0.245 e. The highest BCUT2D eigenvalue weighted by Gasteiger charge is 2.22. The highest BCUT2D eigenvalue weighted by atomic mass is 32.2. The van der Waals surface area contributed by atoms with Crippen molar-refractivity contribution in [3.05, 3.63) is 16.8 Å². The quantitative estimate of drug-likeness (QED) is 0.663. The van der Waals surface area contributed by atoms with E-state index in [4.69, 9.17) is 6.42 Å². The van der Waals surface area contributed by atoms with Gasteiger partial charge in [0.05, 0.1) is 0 Å². The van der Waals surface area contributed by atoms with Gasteiger partial charge in [-0.3, -0.25) is 0 Å². The van der Waals surface area contributed by atoms with Gasteiger partial charge < -0.3 is 0 Å². The summed E-state index contributed by atoms with van der Waals surface area (Å²) in [6.45, 7) is 1.76. The van der Waals surface area contributed by atoms with E-state index in [0.29, 0.717) is 0 Å². The van der Waals surface area contributed by atoms with Crippen LogP contribution in [0.2, 0.25) is 0 Å². The fourth-order valence-corrected chi connectivity index (χ4v) is 2.53. The van der Waals surface area contributed by atoms with Crippen LogP contribution >= 0.6 is 0 Å². The van der Waals surface area contributed by atoms with Gasteiger partial charge in [0, 0.05) is 6.54 Å². The molecule has 0 saturated carbocycles. The van der Waals surface area contributed by atoms with Crippen LogP contribution in [0.5, 0.6) is 0 Å². The van der Waals surface area contributed by atoms with Crippen molar-refractivity contribution in [3.63, 3.8) is 0 Å². The maximum atomic E-state index is 11.9. The normalized spacial score (nSPS) is 11.6. The van der Waals surface area contributed by atoms with E-state index < -0.39 is 15.7 Å². The molecule has 0 radical (unpaired) electrons. The van der Waals surface area contributed by atoms with Crippen molar-refractivity contribution in [2.24, 2.45) is 0 Å². The first-order chi connectivity index (χ1) is 9.01. The summed E-state index contributed by atoms with van der Waals surface area (Å²) in [5.41, 5.74) is -0.743. The van der Waals surface area contributed by atoms with Crippen LogP contribution in [-0.2, 0) is 16.6 Å². The van der Waals surface area contributed by atoms with E-state index in [0.717, 1.165) is 15.4 Å². The van der Waals surface area contributed by atoms with Gasteiger partial charge in [0.15, 0.2) is 0 Å². The Labute approximate surface area is 108 Å². The fraction of sp³-hybridized carbons (Fsp3) is 0.333. The number of fused-ring (bicyclic) bond motifs is 1. The molecular weight excluding hydrogens is 272 g/mol. The molecule has 2 aromatic heterocycles. The second kappa shape index (κ2) is 4.79. The average Bonchev–Trinajstić information content (AvgIpc) is 2.78. The number of nitrogens with one attached hydrogen (secondary N) is 1. The minimum absolute atomic E-state index is 0.0603. The molecule has 0 unspecified atom stereocenters. The van der Waals surface area contributed by atoms with Gasteiger partial charge in [-0.2, -0.15) is 4.68 Å². The van der Waals surface area contributed by atoms with Crippen LogP contribution in [0.15, 0.2) is 16.1 Å². The summed E-state index contributed by atoms with van der Waals surface area (Å²) < 4.78 is 27.8. The van der Waals surface area contributed by atoms with E-state index >= 15 is 0 Å². The minimum atomic E-state index is -3.81. The predicted molar refractivity (Wildman–Crippen MR) is 64.7 cm³/mol. The lowest BCUT2D eigenvalue weighted by atomic mass is 10.7. The maximum absolute atomic E-state index is 11.9. The molecule has 0 saturated heterocycles. The summed E-state index contributed by atoms with van der Waals surface area (Å²) >= 11 is 0. The molecule has 0 aliphatic heterocycles. The van der Waals surface area contributed by atoms with Gasteiger partial charge in [-0.1, -0.05) is 18.1 Å². The van der Waals surface area contributed by atoms with E-state index in [9.17, 15) is 13.2 Å². The van der Waals surface area contributed by atoms with Crippen LogP contribution in [-0.4, -0.2) is 39.3 Å². The third-order valence-corrected chi connectivity index (χ3v) is 3.68. The van der Waals surface area contributed by atoms with E-state index in [2.05, 4.69) is 25.9 Å². The lowest BCUT2D eigenvalue weighted by Gasteiger charge is -2.01. The Morgan fingerprint density at radius 1 is 1.53 bits per heavy atom. The number of sulfonamides is 1. The molecule has 0 amide bonds. The molecule has 19 heavy (non-hydrogen) atoms. The third kappa shape index (κ3) is 2.20. The van der Waals surface area contributed by atoms with Crippen LogP contribution in [0, 0.1) is 12.3 Å². The second-order valence-electron chi connectivity index (χ2n) is 3.48. The molecule has 2 heterocycles. The lowest BCUT2D eigenvalue weighted by Crippen LogP contribution is -2.30. The first-order valence-corrected chi connectivity index (χ1v) is 6.73. The predicted octanol–water partition coefficient (Wildman–Crippen LogP) is -1.78. The topological polar surface area (TPSA) is 111 Å².